The Morgan fingerprint density at radius 3 is 2.61 bits per heavy atom. The van der Waals surface area contributed by atoms with Crippen molar-refractivity contribution in [3.8, 4) is 0 Å². The number of ether oxygens (including phenoxy) is 1. The third-order valence-corrected chi connectivity index (χ3v) is 4.13. The smallest absolute Gasteiger partial charge is 0.319 e. The SMILES string of the molecule is O=C(Nc1cccnc1)NC1(Cc2ccccc2)CCOCC1. The minimum absolute atomic E-state index is 0.198. The van der Waals surface area contributed by atoms with Crippen LogP contribution < -0.4 is 10.6 Å². The van der Waals surface area contributed by atoms with Crippen LogP contribution in [0, 0.1) is 0 Å². The number of anilines is 1. The highest BCUT2D eigenvalue weighted by Crippen LogP contribution is 2.25. The van der Waals surface area contributed by atoms with Gasteiger partial charge in [-0.15, -0.1) is 0 Å². The molecule has 0 unspecified atom stereocenters. The highest BCUT2D eigenvalue weighted by atomic mass is 16.5. The van der Waals surface area contributed by atoms with Crippen LogP contribution in [-0.2, 0) is 11.2 Å². The Kier molecular flexibility index (Phi) is 4.88. The van der Waals surface area contributed by atoms with Crippen molar-refractivity contribution in [3.05, 3.63) is 60.4 Å². The van der Waals surface area contributed by atoms with Gasteiger partial charge in [-0.05, 0) is 37.0 Å². The lowest BCUT2D eigenvalue weighted by Gasteiger charge is -2.38. The van der Waals surface area contributed by atoms with Crippen molar-refractivity contribution in [1.29, 1.82) is 0 Å². The largest absolute Gasteiger partial charge is 0.381 e. The molecule has 2 aromatic rings. The molecule has 1 aromatic carbocycles. The number of aromatic nitrogens is 1. The molecular weight excluding hydrogens is 290 g/mol. The Morgan fingerprint density at radius 2 is 1.91 bits per heavy atom. The minimum Gasteiger partial charge on any atom is -0.381 e. The van der Waals surface area contributed by atoms with Crippen LogP contribution in [-0.4, -0.2) is 29.8 Å². The molecule has 1 aliphatic rings. The number of carbonyl (C=O) groups excluding carboxylic acids is 1. The zero-order valence-corrected chi connectivity index (χ0v) is 13.0. The monoisotopic (exact) mass is 311 g/mol. The Morgan fingerprint density at radius 1 is 1.13 bits per heavy atom. The van der Waals surface area contributed by atoms with Gasteiger partial charge in [0.2, 0.25) is 0 Å². The van der Waals surface area contributed by atoms with Gasteiger partial charge in [-0.2, -0.15) is 0 Å². The third-order valence-electron chi connectivity index (χ3n) is 4.13. The number of nitrogens with one attached hydrogen (secondary N) is 2. The maximum Gasteiger partial charge on any atom is 0.319 e. The highest BCUT2D eigenvalue weighted by molar-refractivity contribution is 5.89. The van der Waals surface area contributed by atoms with Gasteiger partial charge in [0.25, 0.3) is 0 Å². The second kappa shape index (κ2) is 7.24. The van der Waals surface area contributed by atoms with E-state index in [-0.39, 0.29) is 11.6 Å². The standard InChI is InChI=1S/C18H21N3O2/c22-17(20-16-7-4-10-19-14-16)21-18(8-11-23-12-9-18)13-15-5-2-1-3-6-15/h1-7,10,14H,8-9,11-13H2,(H2,20,21,22). The molecule has 3 rings (SSSR count). The van der Waals surface area contributed by atoms with Gasteiger partial charge in [0, 0.05) is 19.4 Å². The van der Waals surface area contributed by atoms with E-state index in [4.69, 9.17) is 4.74 Å². The summed E-state index contributed by atoms with van der Waals surface area (Å²) in [5, 5.41) is 6.02. The highest BCUT2D eigenvalue weighted by Gasteiger charge is 2.34. The van der Waals surface area contributed by atoms with Gasteiger partial charge in [-0.1, -0.05) is 30.3 Å². The zero-order chi connectivity index (χ0) is 16.0. The van der Waals surface area contributed by atoms with Crippen LogP contribution >= 0.6 is 0 Å². The fourth-order valence-corrected chi connectivity index (χ4v) is 2.93. The van der Waals surface area contributed by atoms with E-state index in [0.29, 0.717) is 18.9 Å². The lowest BCUT2D eigenvalue weighted by Crippen LogP contribution is -2.54. The van der Waals surface area contributed by atoms with Gasteiger partial charge in [0.1, 0.15) is 0 Å². The second-order valence-electron chi connectivity index (χ2n) is 5.88. The molecule has 120 valence electrons. The molecule has 2 amide bonds. The molecule has 0 aliphatic carbocycles. The minimum atomic E-state index is -0.272. The van der Waals surface area contributed by atoms with E-state index in [9.17, 15) is 4.79 Å². The number of amides is 2. The maximum atomic E-state index is 12.4. The first kappa shape index (κ1) is 15.5. The first-order chi connectivity index (χ1) is 11.3. The van der Waals surface area contributed by atoms with Crippen LogP contribution in [0.2, 0.25) is 0 Å². The first-order valence-electron chi connectivity index (χ1n) is 7.87. The summed E-state index contributed by atoms with van der Waals surface area (Å²) in [6.45, 7) is 1.33. The Bertz CT molecular complexity index is 625. The summed E-state index contributed by atoms with van der Waals surface area (Å²) < 4.78 is 5.48. The quantitative estimate of drug-likeness (QED) is 0.912. The molecule has 23 heavy (non-hydrogen) atoms. The summed E-state index contributed by atoms with van der Waals surface area (Å²) in [5.74, 6) is 0. The van der Waals surface area contributed by atoms with E-state index >= 15 is 0 Å². The molecule has 0 radical (unpaired) electrons. The van der Waals surface area contributed by atoms with Crippen molar-refractivity contribution >= 4 is 11.7 Å². The van der Waals surface area contributed by atoms with E-state index in [0.717, 1.165) is 19.3 Å². The van der Waals surface area contributed by atoms with Crippen molar-refractivity contribution in [3.63, 3.8) is 0 Å². The zero-order valence-electron chi connectivity index (χ0n) is 13.0. The first-order valence-corrected chi connectivity index (χ1v) is 7.87. The van der Waals surface area contributed by atoms with E-state index in [2.05, 4.69) is 27.8 Å². The fourth-order valence-electron chi connectivity index (χ4n) is 2.93. The molecule has 1 saturated heterocycles. The van der Waals surface area contributed by atoms with Crippen LogP contribution in [0.4, 0.5) is 10.5 Å². The van der Waals surface area contributed by atoms with E-state index in [1.165, 1.54) is 5.56 Å². The number of rotatable bonds is 4. The number of pyridine rings is 1. The van der Waals surface area contributed by atoms with Gasteiger partial charge >= 0.3 is 6.03 Å². The van der Waals surface area contributed by atoms with Crippen LogP contribution in [0.1, 0.15) is 18.4 Å². The third kappa shape index (κ3) is 4.29. The second-order valence-corrected chi connectivity index (χ2v) is 5.88. The van der Waals surface area contributed by atoms with Crippen LogP contribution in [0.5, 0.6) is 0 Å². The van der Waals surface area contributed by atoms with E-state index in [1.807, 2.05) is 24.3 Å². The maximum absolute atomic E-state index is 12.4. The lowest BCUT2D eigenvalue weighted by atomic mass is 9.84. The molecule has 0 spiro atoms. The van der Waals surface area contributed by atoms with Crippen molar-refractivity contribution in [1.82, 2.24) is 10.3 Å². The van der Waals surface area contributed by atoms with E-state index in [1.54, 1.807) is 18.5 Å². The summed E-state index contributed by atoms with van der Waals surface area (Å²) in [6, 6.07) is 13.7. The molecule has 0 atom stereocenters. The molecule has 5 nitrogen and oxygen atoms in total. The predicted molar refractivity (Wildman–Crippen MR) is 89.3 cm³/mol. The lowest BCUT2D eigenvalue weighted by molar-refractivity contribution is 0.0432. The van der Waals surface area contributed by atoms with Gasteiger partial charge in [-0.3, -0.25) is 4.98 Å². The molecule has 5 heteroatoms. The molecule has 2 N–H and O–H groups in total. The van der Waals surface area contributed by atoms with Gasteiger partial charge in [0.15, 0.2) is 0 Å². The van der Waals surface area contributed by atoms with Crippen LogP contribution in [0.15, 0.2) is 54.9 Å². The summed E-state index contributed by atoms with van der Waals surface area (Å²) in [4.78, 5) is 16.4. The van der Waals surface area contributed by atoms with Crippen molar-refractivity contribution in [2.45, 2.75) is 24.8 Å². The fraction of sp³-hybridized carbons (Fsp3) is 0.333. The molecule has 1 aromatic heterocycles. The summed E-state index contributed by atoms with van der Waals surface area (Å²) in [6.07, 6.45) is 5.73. The molecule has 1 aliphatic heterocycles. The molecule has 0 saturated carbocycles. The number of nitrogens with zero attached hydrogens (tertiary/aromatic N) is 1. The summed E-state index contributed by atoms with van der Waals surface area (Å²) in [5.41, 5.74) is 1.63. The van der Waals surface area contributed by atoms with Crippen molar-refractivity contribution < 1.29 is 9.53 Å². The van der Waals surface area contributed by atoms with Crippen molar-refractivity contribution in [2.75, 3.05) is 18.5 Å². The average molecular weight is 311 g/mol. The normalized spacial score (nSPS) is 16.5. The van der Waals surface area contributed by atoms with Gasteiger partial charge in [0.05, 0.1) is 17.4 Å². The number of carbonyl (C=O) groups is 1. The molecular formula is C18H21N3O2. The molecule has 1 fully saturated rings. The number of hydrogen-bond acceptors (Lipinski definition) is 3. The Hall–Kier alpha value is -2.40. The van der Waals surface area contributed by atoms with Gasteiger partial charge in [-0.25, -0.2) is 4.79 Å². The van der Waals surface area contributed by atoms with Gasteiger partial charge < -0.3 is 15.4 Å². The number of urea groups is 1. The number of benzene rings is 1. The summed E-state index contributed by atoms with van der Waals surface area (Å²) in [7, 11) is 0. The predicted octanol–water partition coefficient (Wildman–Crippen LogP) is 3.00. The Labute approximate surface area is 136 Å². The topological polar surface area (TPSA) is 63.2 Å². The average Bonchev–Trinajstić information content (AvgIpc) is 2.57. The van der Waals surface area contributed by atoms with Crippen molar-refractivity contribution in [2.24, 2.45) is 0 Å². The van der Waals surface area contributed by atoms with Crippen LogP contribution in [0.25, 0.3) is 0 Å². The Balaban J connectivity index is 1.70. The molecule has 0 bridgehead atoms. The molecule has 2 heterocycles. The number of hydrogen-bond donors (Lipinski definition) is 2. The van der Waals surface area contributed by atoms with Crippen LogP contribution in [0.3, 0.4) is 0 Å². The van der Waals surface area contributed by atoms with E-state index < -0.39 is 0 Å². The summed E-state index contributed by atoms with van der Waals surface area (Å²) >= 11 is 0.